The third kappa shape index (κ3) is 3.55. The molecule has 0 spiro atoms. The van der Waals surface area contributed by atoms with Gasteiger partial charge in [-0.3, -0.25) is 15.0 Å². The number of nitrogens with two attached hydrogens (primary N) is 1. The highest BCUT2D eigenvalue weighted by Gasteiger charge is 2.12. The number of non-ortho nitro benzene ring substituents is 1. The van der Waals surface area contributed by atoms with E-state index in [4.69, 9.17) is 5.73 Å². The highest BCUT2D eigenvalue weighted by atomic mass is 32.1. The van der Waals surface area contributed by atoms with Crippen LogP contribution in [0.25, 0.3) is 0 Å². The number of benzene rings is 1. The summed E-state index contributed by atoms with van der Waals surface area (Å²) < 4.78 is 0. The quantitative estimate of drug-likeness (QED) is 0.503. The summed E-state index contributed by atoms with van der Waals surface area (Å²) >= 11 is 1.71. The number of anilines is 1. The lowest BCUT2D eigenvalue weighted by molar-refractivity contribution is -0.384. The molecule has 0 bridgehead atoms. The van der Waals surface area contributed by atoms with Crippen molar-refractivity contribution < 1.29 is 4.92 Å². The molecule has 1 aromatic heterocycles. The summed E-state index contributed by atoms with van der Waals surface area (Å²) in [4.78, 5) is 13.9. The van der Waals surface area contributed by atoms with Crippen molar-refractivity contribution in [1.82, 2.24) is 4.90 Å². The largest absolute Gasteiger partial charge is 0.398 e. The molecule has 106 valence electrons. The van der Waals surface area contributed by atoms with E-state index in [1.165, 1.54) is 10.9 Å². The molecule has 0 amide bonds. The van der Waals surface area contributed by atoms with E-state index < -0.39 is 4.92 Å². The molecule has 0 saturated carbocycles. The molecule has 0 radical (unpaired) electrons. The minimum atomic E-state index is -0.390. The third-order valence-electron chi connectivity index (χ3n) is 3.14. The summed E-state index contributed by atoms with van der Waals surface area (Å²) in [6.07, 6.45) is 0. The number of nitrogens with zero attached hydrogens (tertiary/aromatic N) is 2. The number of hydrogen-bond donors (Lipinski definition) is 1. The summed E-state index contributed by atoms with van der Waals surface area (Å²) in [6.45, 7) is 4.37. The van der Waals surface area contributed by atoms with Gasteiger partial charge in [-0.25, -0.2) is 0 Å². The van der Waals surface area contributed by atoms with Crippen LogP contribution in [0.5, 0.6) is 0 Å². The number of thiophene rings is 1. The average molecular weight is 291 g/mol. The van der Waals surface area contributed by atoms with Crippen LogP contribution in [-0.2, 0) is 13.1 Å². The molecular formula is C14H17N3O2S. The van der Waals surface area contributed by atoms with E-state index in [0.717, 1.165) is 18.7 Å². The van der Waals surface area contributed by atoms with Crippen LogP contribution in [-0.4, -0.2) is 16.4 Å². The van der Waals surface area contributed by atoms with Gasteiger partial charge < -0.3 is 5.73 Å². The van der Waals surface area contributed by atoms with E-state index in [1.807, 2.05) is 11.4 Å². The van der Waals surface area contributed by atoms with E-state index in [-0.39, 0.29) is 5.69 Å². The van der Waals surface area contributed by atoms with Gasteiger partial charge in [0.15, 0.2) is 0 Å². The minimum Gasteiger partial charge on any atom is -0.398 e. The second-order valence-electron chi connectivity index (χ2n) is 4.52. The third-order valence-corrected chi connectivity index (χ3v) is 4.00. The molecule has 5 nitrogen and oxygen atoms in total. The Bertz CT molecular complexity index is 584. The molecule has 0 atom stereocenters. The lowest BCUT2D eigenvalue weighted by Crippen LogP contribution is -2.22. The zero-order valence-corrected chi connectivity index (χ0v) is 12.1. The second kappa shape index (κ2) is 6.49. The van der Waals surface area contributed by atoms with Gasteiger partial charge in [-0.1, -0.05) is 13.0 Å². The monoisotopic (exact) mass is 291 g/mol. The Kier molecular flexibility index (Phi) is 4.70. The fraction of sp³-hybridized carbons (Fsp3) is 0.286. The Morgan fingerprint density at radius 2 is 2.15 bits per heavy atom. The van der Waals surface area contributed by atoms with Gasteiger partial charge in [0, 0.05) is 35.8 Å². The Labute approximate surface area is 121 Å². The van der Waals surface area contributed by atoms with Crippen LogP contribution in [0.2, 0.25) is 0 Å². The topological polar surface area (TPSA) is 72.4 Å². The van der Waals surface area contributed by atoms with Crippen molar-refractivity contribution in [3.63, 3.8) is 0 Å². The van der Waals surface area contributed by atoms with Crippen LogP contribution in [0.1, 0.15) is 17.4 Å². The zero-order valence-electron chi connectivity index (χ0n) is 11.3. The van der Waals surface area contributed by atoms with Gasteiger partial charge >= 0.3 is 0 Å². The Morgan fingerprint density at radius 1 is 1.35 bits per heavy atom. The molecule has 20 heavy (non-hydrogen) atoms. The maximum Gasteiger partial charge on any atom is 0.269 e. The van der Waals surface area contributed by atoms with E-state index in [9.17, 15) is 10.1 Å². The first-order valence-corrected chi connectivity index (χ1v) is 7.25. The van der Waals surface area contributed by atoms with E-state index in [0.29, 0.717) is 12.2 Å². The molecule has 1 aromatic carbocycles. The van der Waals surface area contributed by atoms with E-state index >= 15 is 0 Å². The molecule has 2 rings (SSSR count). The zero-order chi connectivity index (χ0) is 14.5. The normalized spacial score (nSPS) is 10.9. The van der Waals surface area contributed by atoms with Gasteiger partial charge in [-0.05, 0) is 29.6 Å². The fourth-order valence-corrected chi connectivity index (χ4v) is 2.73. The summed E-state index contributed by atoms with van der Waals surface area (Å²) in [5, 5.41) is 12.9. The van der Waals surface area contributed by atoms with E-state index in [1.54, 1.807) is 23.5 Å². The van der Waals surface area contributed by atoms with Gasteiger partial charge in [-0.15, -0.1) is 11.3 Å². The van der Waals surface area contributed by atoms with E-state index in [2.05, 4.69) is 17.9 Å². The summed E-state index contributed by atoms with van der Waals surface area (Å²) in [5.41, 5.74) is 7.40. The van der Waals surface area contributed by atoms with Gasteiger partial charge in [0.1, 0.15) is 0 Å². The van der Waals surface area contributed by atoms with Crippen LogP contribution >= 0.6 is 11.3 Å². The molecule has 6 heteroatoms. The lowest BCUT2D eigenvalue weighted by atomic mass is 10.1. The van der Waals surface area contributed by atoms with Crippen molar-refractivity contribution >= 4 is 22.7 Å². The first kappa shape index (κ1) is 14.5. The second-order valence-corrected chi connectivity index (χ2v) is 5.56. The Morgan fingerprint density at radius 3 is 2.75 bits per heavy atom. The Hall–Kier alpha value is -1.92. The van der Waals surface area contributed by atoms with Crippen molar-refractivity contribution in [2.75, 3.05) is 12.3 Å². The molecule has 1 heterocycles. The fourth-order valence-electron chi connectivity index (χ4n) is 1.99. The summed E-state index contributed by atoms with van der Waals surface area (Å²) in [6, 6.07) is 8.72. The first-order valence-electron chi connectivity index (χ1n) is 6.37. The molecule has 2 aromatic rings. The van der Waals surface area contributed by atoms with Crippen molar-refractivity contribution in [2.45, 2.75) is 20.0 Å². The predicted octanol–water partition coefficient (Wildman–Crippen LogP) is 3.26. The van der Waals surface area contributed by atoms with Crippen molar-refractivity contribution in [3.05, 3.63) is 56.3 Å². The maximum atomic E-state index is 10.8. The number of rotatable bonds is 6. The van der Waals surface area contributed by atoms with Crippen molar-refractivity contribution in [1.29, 1.82) is 0 Å². The molecule has 0 fully saturated rings. The number of nitro groups is 1. The highest BCUT2D eigenvalue weighted by Crippen LogP contribution is 2.22. The van der Waals surface area contributed by atoms with Crippen LogP contribution in [0.15, 0.2) is 35.7 Å². The lowest BCUT2D eigenvalue weighted by Gasteiger charge is -2.20. The van der Waals surface area contributed by atoms with Crippen molar-refractivity contribution in [2.24, 2.45) is 0 Å². The molecule has 0 aliphatic heterocycles. The van der Waals surface area contributed by atoms with Crippen molar-refractivity contribution in [3.8, 4) is 0 Å². The molecule has 0 saturated heterocycles. The average Bonchev–Trinajstić information content (AvgIpc) is 2.92. The Balaban J connectivity index is 2.14. The van der Waals surface area contributed by atoms with Crippen LogP contribution < -0.4 is 5.73 Å². The van der Waals surface area contributed by atoms with Crippen LogP contribution in [0.3, 0.4) is 0 Å². The molecule has 0 aliphatic rings. The minimum absolute atomic E-state index is 0.0846. The standard InChI is InChI=1S/C14H17N3O2S/c1-2-16(10-13-4-3-7-20-13)9-11-8-12(17(18)19)5-6-14(11)15/h3-8H,2,9-10,15H2,1H3. The summed E-state index contributed by atoms with van der Waals surface area (Å²) in [7, 11) is 0. The maximum absolute atomic E-state index is 10.8. The molecule has 0 aliphatic carbocycles. The summed E-state index contributed by atoms with van der Waals surface area (Å²) in [5.74, 6) is 0. The number of hydrogen-bond acceptors (Lipinski definition) is 5. The smallest absolute Gasteiger partial charge is 0.269 e. The first-order chi connectivity index (χ1) is 9.60. The molecular weight excluding hydrogens is 274 g/mol. The predicted molar refractivity (Wildman–Crippen MR) is 81.6 cm³/mol. The van der Waals surface area contributed by atoms with Gasteiger partial charge in [0.25, 0.3) is 5.69 Å². The van der Waals surface area contributed by atoms with Crippen LogP contribution in [0.4, 0.5) is 11.4 Å². The SMILES string of the molecule is CCN(Cc1cccs1)Cc1cc([N+](=O)[O-])ccc1N. The van der Waals surface area contributed by atoms with Gasteiger partial charge in [-0.2, -0.15) is 0 Å². The number of nitrogen functional groups attached to an aromatic ring is 1. The number of nitro benzene ring substituents is 1. The van der Waals surface area contributed by atoms with Crippen LogP contribution in [0, 0.1) is 10.1 Å². The molecule has 2 N–H and O–H groups in total. The molecule has 0 unspecified atom stereocenters. The van der Waals surface area contributed by atoms with Gasteiger partial charge in [0.2, 0.25) is 0 Å². The highest BCUT2D eigenvalue weighted by molar-refractivity contribution is 7.09. The van der Waals surface area contributed by atoms with Gasteiger partial charge in [0.05, 0.1) is 4.92 Å².